The number of hydrogen-bond acceptors (Lipinski definition) is 2. The Bertz CT molecular complexity index is 636. The van der Waals surface area contributed by atoms with Gasteiger partial charge in [0, 0.05) is 15.6 Å². The maximum absolute atomic E-state index is 13.5. The van der Waals surface area contributed by atoms with Gasteiger partial charge in [-0.1, -0.05) is 17.7 Å². The van der Waals surface area contributed by atoms with E-state index in [-0.39, 0.29) is 5.69 Å². The van der Waals surface area contributed by atoms with Gasteiger partial charge in [0.2, 0.25) is 0 Å². The number of urea groups is 1. The molecule has 0 bridgehead atoms. The molecule has 0 unspecified atom stereocenters. The molecule has 2 aromatic carbocycles. The van der Waals surface area contributed by atoms with Gasteiger partial charge in [-0.3, -0.25) is 0 Å². The van der Waals surface area contributed by atoms with Gasteiger partial charge < -0.3 is 10.6 Å². The van der Waals surface area contributed by atoms with E-state index in [1.165, 1.54) is 18.2 Å². The van der Waals surface area contributed by atoms with E-state index < -0.39 is 11.8 Å². The van der Waals surface area contributed by atoms with Gasteiger partial charge in [0.1, 0.15) is 5.82 Å². The number of rotatable bonds is 3. The lowest BCUT2D eigenvalue weighted by atomic mass is 10.3. The molecule has 3 nitrogen and oxygen atoms in total. The minimum absolute atomic E-state index is 0.0380. The van der Waals surface area contributed by atoms with E-state index in [4.69, 9.17) is 11.6 Å². The van der Waals surface area contributed by atoms with Crippen molar-refractivity contribution in [1.82, 2.24) is 0 Å². The van der Waals surface area contributed by atoms with Crippen molar-refractivity contribution >= 4 is 40.8 Å². The Morgan fingerprint density at radius 2 is 2.00 bits per heavy atom. The average molecular weight is 311 g/mol. The summed E-state index contributed by atoms with van der Waals surface area (Å²) in [7, 11) is 0. The number of halogens is 2. The Kier molecular flexibility index (Phi) is 4.87. The molecule has 20 heavy (non-hydrogen) atoms. The summed E-state index contributed by atoms with van der Waals surface area (Å²) in [6.07, 6.45) is 1.94. The standard InChI is InChI=1S/C14H12ClFN2OS/c1-20-11-4-2-3-10(8-11)17-14(19)18-13-7-9(15)5-6-12(13)16/h2-8H,1H3,(H2,17,18,19). The van der Waals surface area contributed by atoms with Crippen LogP contribution in [-0.4, -0.2) is 12.3 Å². The highest BCUT2D eigenvalue weighted by Crippen LogP contribution is 2.21. The molecule has 0 fully saturated rings. The Hall–Kier alpha value is -1.72. The fourth-order valence-corrected chi connectivity index (χ4v) is 2.21. The fraction of sp³-hybridized carbons (Fsp3) is 0.0714. The molecule has 104 valence electrons. The molecule has 0 heterocycles. The molecule has 0 atom stereocenters. The second-order valence-corrected chi connectivity index (χ2v) is 5.25. The monoisotopic (exact) mass is 310 g/mol. The average Bonchev–Trinajstić information content (AvgIpc) is 2.43. The molecular weight excluding hydrogens is 299 g/mol. The van der Waals surface area contributed by atoms with E-state index in [0.717, 1.165) is 4.90 Å². The van der Waals surface area contributed by atoms with Crippen LogP contribution in [0.25, 0.3) is 0 Å². The number of hydrogen-bond donors (Lipinski definition) is 2. The zero-order chi connectivity index (χ0) is 14.5. The molecule has 0 aliphatic rings. The molecule has 0 aliphatic carbocycles. The summed E-state index contributed by atoms with van der Waals surface area (Å²) in [6.45, 7) is 0. The maximum atomic E-state index is 13.5. The Balaban J connectivity index is 2.07. The third-order valence-corrected chi connectivity index (χ3v) is 3.46. The molecule has 0 saturated carbocycles. The summed E-state index contributed by atoms with van der Waals surface area (Å²) < 4.78 is 13.5. The second-order valence-electron chi connectivity index (χ2n) is 3.94. The summed E-state index contributed by atoms with van der Waals surface area (Å²) in [5, 5.41) is 5.41. The van der Waals surface area contributed by atoms with Gasteiger partial charge >= 0.3 is 6.03 Å². The van der Waals surface area contributed by atoms with Crippen LogP contribution in [0.2, 0.25) is 5.02 Å². The topological polar surface area (TPSA) is 41.1 Å². The first-order valence-corrected chi connectivity index (χ1v) is 7.36. The van der Waals surface area contributed by atoms with Gasteiger partial charge in [0.25, 0.3) is 0 Å². The Morgan fingerprint density at radius 1 is 1.20 bits per heavy atom. The van der Waals surface area contributed by atoms with Gasteiger partial charge in [-0.15, -0.1) is 11.8 Å². The highest BCUT2D eigenvalue weighted by atomic mass is 35.5. The number of carbonyl (C=O) groups excluding carboxylic acids is 1. The molecule has 2 aromatic rings. The van der Waals surface area contributed by atoms with Crippen LogP contribution < -0.4 is 10.6 Å². The summed E-state index contributed by atoms with van der Waals surface area (Å²) in [5.74, 6) is -0.539. The van der Waals surface area contributed by atoms with Crippen molar-refractivity contribution in [2.75, 3.05) is 16.9 Å². The van der Waals surface area contributed by atoms with Crippen LogP contribution in [0.5, 0.6) is 0 Å². The van der Waals surface area contributed by atoms with Crippen molar-refractivity contribution in [2.45, 2.75) is 4.90 Å². The van der Waals surface area contributed by atoms with Crippen LogP contribution >= 0.6 is 23.4 Å². The quantitative estimate of drug-likeness (QED) is 0.796. The normalized spacial score (nSPS) is 10.2. The molecule has 0 aromatic heterocycles. The van der Waals surface area contributed by atoms with Crippen LogP contribution in [0, 0.1) is 5.82 Å². The molecular formula is C14H12ClFN2OS. The summed E-state index contributed by atoms with van der Waals surface area (Å²) in [5.41, 5.74) is 0.674. The summed E-state index contributed by atoms with van der Waals surface area (Å²) in [4.78, 5) is 12.8. The minimum atomic E-state index is -0.539. The van der Waals surface area contributed by atoms with Gasteiger partial charge in [-0.2, -0.15) is 0 Å². The molecule has 0 aliphatic heterocycles. The van der Waals surface area contributed by atoms with E-state index in [2.05, 4.69) is 10.6 Å². The first-order valence-electron chi connectivity index (χ1n) is 5.75. The predicted octanol–water partition coefficient (Wildman–Crippen LogP) is 4.85. The van der Waals surface area contributed by atoms with Gasteiger partial charge in [0.15, 0.2) is 0 Å². The van der Waals surface area contributed by atoms with Crippen LogP contribution in [0.3, 0.4) is 0 Å². The largest absolute Gasteiger partial charge is 0.323 e. The third-order valence-electron chi connectivity index (χ3n) is 2.50. The van der Waals surface area contributed by atoms with E-state index in [1.54, 1.807) is 17.8 Å². The van der Waals surface area contributed by atoms with Crippen molar-refractivity contribution in [3.05, 3.63) is 53.3 Å². The number of thioether (sulfide) groups is 1. The van der Waals surface area contributed by atoms with Crippen molar-refractivity contribution < 1.29 is 9.18 Å². The lowest BCUT2D eigenvalue weighted by molar-refractivity contribution is 0.262. The number of anilines is 2. The molecule has 0 radical (unpaired) electrons. The molecule has 2 amide bonds. The minimum Gasteiger partial charge on any atom is -0.308 e. The molecule has 0 saturated heterocycles. The lowest BCUT2D eigenvalue weighted by Gasteiger charge is -2.09. The first kappa shape index (κ1) is 14.7. The third kappa shape index (κ3) is 3.88. The number of carbonyl (C=O) groups is 1. The smallest absolute Gasteiger partial charge is 0.308 e. The van der Waals surface area contributed by atoms with Gasteiger partial charge in [-0.25, -0.2) is 9.18 Å². The van der Waals surface area contributed by atoms with Crippen molar-refractivity contribution in [2.24, 2.45) is 0 Å². The Labute approximate surface area is 125 Å². The first-order chi connectivity index (χ1) is 9.58. The number of benzene rings is 2. The van der Waals surface area contributed by atoms with Gasteiger partial charge in [0.05, 0.1) is 5.69 Å². The molecule has 0 spiro atoms. The van der Waals surface area contributed by atoms with Crippen LogP contribution in [0.1, 0.15) is 0 Å². The van der Waals surface area contributed by atoms with Crippen LogP contribution in [0.4, 0.5) is 20.6 Å². The predicted molar refractivity (Wildman–Crippen MR) is 82.3 cm³/mol. The highest BCUT2D eigenvalue weighted by molar-refractivity contribution is 7.98. The number of nitrogens with one attached hydrogen (secondary N) is 2. The maximum Gasteiger partial charge on any atom is 0.323 e. The van der Waals surface area contributed by atoms with Crippen molar-refractivity contribution in [3.8, 4) is 0 Å². The second kappa shape index (κ2) is 6.63. The zero-order valence-electron chi connectivity index (χ0n) is 10.6. The van der Waals surface area contributed by atoms with Crippen LogP contribution in [0.15, 0.2) is 47.4 Å². The molecule has 2 rings (SSSR count). The number of amides is 2. The fourth-order valence-electron chi connectivity index (χ4n) is 1.58. The van der Waals surface area contributed by atoms with Crippen molar-refractivity contribution in [1.29, 1.82) is 0 Å². The van der Waals surface area contributed by atoms with Crippen molar-refractivity contribution in [3.63, 3.8) is 0 Å². The van der Waals surface area contributed by atoms with E-state index in [0.29, 0.717) is 10.7 Å². The van der Waals surface area contributed by atoms with E-state index >= 15 is 0 Å². The summed E-state index contributed by atoms with van der Waals surface area (Å²) in [6, 6.07) is 10.8. The van der Waals surface area contributed by atoms with Crippen LogP contribution in [-0.2, 0) is 0 Å². The lowest BCUT2D eigenvalue weighted by Crippen LogP contribution is -2.20. The SMILES string of the molecule is CSc1cccc(NC(=O)Nc2cc(Cl)ccc2F)c1. The van der Waals surface area contributed by atoms with E-state index in [9.17, 15) is 9.18 Å². The Morgan fingerprint density at radius 3 is 2.75 bits per heavy atom. The summed E-state index contributed by atoms with van der Waals surface area (Å²) >= 11 is 7.33. The molecule has 6 heteroatoms. The van der Waals surface area contributed by atoms with Gasteiger partial charge in [-0.05, 0) is 42.7 Å². The van der Waals surface area contributed by atoms with E-state index in [1.807, 2.05) is 24.5 Å². The highest BCUT2D eigenvalue weighted by Gasteiger charge is 2.08. The zero-order valence-corrected chi connectivity index (χ0v) is 12.2. The molecule has 2 N–H and O–H groups in total.